The Morgan fingerprint density at radius 2 is 0.938 bits per heavy atom. The number of benzene rings is 8. The largest absolute Gasteiger partial charge is 0.508 e. The third-order valence-corrected chi connectivity index (χ3v) is 11.8. The minimum atomic E-state index is -4.84. The van der Waals surface area contributed by atoms with Crippen LogP contribution in [0.4, 0.5) is 0 Å². The fourth-order valence-electron chi connectivity index (χ4n) is 6.93. The Hall–Kier alpha value is -7.56. The third kappa shape index (κ3) is 10.6. The second-order valence-corrected chi connectivity index (χ2v) is 16.6. The summed E-state index contributed by atoms with van der Waals surface area (Å²) in [4.78, 5) is 26.6. The first-order chi connectivity index (χ1) is 31.4. The molecular weight excluding hydrogens is 869 g/mol. The van der Waals surface area contributed by atoms with Crippen molar-refractivity contribution in [2.24, 2.45) is 0 Å². The number of ether oxygens (including phenoxy) is 3. The number of hydrogen-bond donors (Lipinski definition) is 3. The summed E-state index contributed by atoms with van der Waals surface area (Å²) in [7, 11) is -4.84. The molecular formula is C51H36O12S2. The maximum atomic E-state index is 13.4. The van der Waals surface area contributed by atoms with E-state index in [4.69, 9.17) is 19.5 Å². The van der Waals surface area contributed by atoms with Crippen LogP contribution >= 0.6 is 12.0 Å². The summed E-state index contributed by atoms with van der Waals surface area (Å²) < 4.78 is 57.8. The van der Waals surface area contributed by atoms with Gasteiger partial charge in [-0.2, -0.15) is 8.42 Å². The van der Waals surface area contributed by atoms with Crippen molar-refractivity contribution in [3.8, 4) is 62.5 Å². The molecule has 0 saturated heterocycles. The molecule has 0 bridgehead atoms. The zero-order valence-corrected chi connectivity index (χ0v) is 35.8. The Bertz CT molecular complexity index is 3080. The van der Waals surface area contributed by atoms with Crippen LogP contribution in [0.15, 0.2) is 192 Å². The maximum absolute atomic E-state index is 13.4. The van der Waals surface area contributed by atoms with Gasteiger partial charge in [0.2, 0.25) is 0 Å². The standard InChI is InChI=1S/C51H36O12S2/c1-32-47(50(54)39-3-2-4-46(31-39)64-63-62-55)29-30-48(51(32)65(56,57)58)61-45-23-11-36(12-24-45)35-9-21-42(22-10-35)60-44-27-15-38(16-28-44)49(53)37-13-25-43(26-14-37)59-41-19-7-34(8-20-41)33-5-17-40(52)18-6-33/h2-31,52,55H,1H3,(H,56,57,58). The Kier molecular flexibility index (Phi) is 13.2. The van der Waals surface area contributed by atoms with Crippen molar-refractivity contribution in [3.05, 3.63) is 210 Å². The molecule has 0 saturated carbocycles. The van der Waals surface area contributed by atoms with Crippen molar-refractivity contribution in [2.45, 2.75) is 16.7 Å². The van der Waals surface area contributed by atoms with E-state index >= 15 is 0 Å². The van der Waals surface area contributed by atoms with E-state index in [2.05, 4.69) is 9.37 Å². The summed E-state index contributed by atoms with van der Waals surface area (Å²) in [5.74, 6) is 2.01. The van der Waals surface area contributed by atoms with Crippen LogP contribution in [-0.2, 0) is 19.5 Å². The lowest BCUT2D eigenvalue weighted by Crippen LogP contribution is -2.10. The molecule has 8 aromatic rings. The Labute approximate surface area is 377 Å². The van der Waals surface area contributed by atoms with E-state index in [1.165, 1.54) is 31.2 Å². The molecule has 8 rings (SSSR count). The van der Waals surface area contributed by atoms with Crippen molar-refractivity contribution in [2.75, 3.05) is 0 Å². The zero-order valence-electron chi connectivity index (χ0n) is 34.2. The Balaban J connectivity index is 0.869. The van der Waals surface area contributed by atoms with E-state index in [1.54, 1.807) is 97.1 Å². The lowest BCUT2D eigenvalue weighted by molar-refractivity contribution is -0.432. The van der Waals surface area contributed by atoms with E-state index in [-0.39, 0.29) is 39.7 Å². The van der Waals surface area contributed by atoms with Gasteiger partial charge in [-0.05, 0) is 156 Å². The van der Waals surface area contributed by atoms with Gasteiger partial charge in [-0.25, -0.2) is 5.26 Å². The van der Waals surface area contributed by atoms with E-state index in [0.717, 1.165) is 22.3 Å². The molecule has 8 aromatic carbocycles. The number of phenols is 1. The fraction of sp³-hybridized carbons (Fsp3) is 0.0196. The molecule has 0 radical (unpaired) electrons. The quantitative estimate of drug-likeness (QED) is 0.0275. The van der Waals surface area contributed by atoms with Crippen LogP contribution in [0.2, 0.25) is 0 Å². The predicted molar refractivity (Wildman–Crippen MR) is 243 cm³/mol. The first kappa shape index (κ1) is 44.1. The van der Waals surface area contributed by atoms with E-state index < -0.39 is 20.8 Å². The molecule has 0 heterocycles. The number of carbonyl (C=O) groups excluding carboxylic acids is 2. The molecule has 0 aliphatic carbocycles. The van der Waals surface area contributed by atoms with Crippen molar-refractivity contribution in [3.63, 3.8) is 0 Å². The molecule has 3 N–H and O–H groups in total. The second kappa shape index (κ2) is 19.5. The van der Waals surface area contributed by atoms with E-state index in [9.17, 15) is 27.7 Å². The monoisotopic (exact) mass is 904 g/mol. The molecule has 14 heteroatoms. The number of rotatable bonds is 16. The van der Waals surface area contributed by atoms with Crippen LogP contribution in [0.3, 0.4) is 0 Å². The molecule has 324 valence electrons. The summed E-state index contributed by atoms with van der Waals surface area (Å²) in [6.07, 6.45) is 0. The highest BCUT2D eigenvalue weighted by Gasteiger charge is 2.26. The highest BCUT2D eigenvalue weighted by Crippen LogP contribution is 2.36. The molecule has 0 amide bonds. The molecule has 0 aliphatic heterocycles. The lowest BCUT2D eigenvalue weighted by atomic mass is 9.99. The molecule has 0 spiro atoms. The fourth-order valence-corrected chi connectivity index (χ4v) is 8.21. The van der Waals surface area contributed by atoms with Crippen molar-refractivity contribution in [1.29, 1.82) is 0 Å². The lowest BCUT2D eigenvalue weighted by Gasteiger charge is -2.15. The number of carbonyl (C=O) groups is 2. The van der Waals surface area contributed by atoms with Gasteiger partial charge < -0.3 is 19.3 Å². The zero-order chi connectivity index (χ0) is 45.5. The van der Waals surface area contributed by atoms with Gasteiger partial charge in [0.15, 0.2) is 11.6 Å². The molecule has 0 aliphatic rings. The maximum Gasteiger partial charge on any atom is 0.298 e. The summed E-state index contributed by atoms with van der Waals surface area (Å²) in [5, 5.41) is 21.6. The summed E-state index contributed by atoms with van der Waals surface area (Å²) >= 11 is 0.663. The SMILES string of the molecule is Cc1c(C(=O)c2cccc(SOOO)c2)ccc(Oc2ccc(-c3ccc(Oc4ccc(C(=O)c5ccc(Oc6ccc(-c7ccc(O)cc7)cc6)cc5)cc4)cc3)cc2)c1S(=O)(=O)O. The molecule has 0 atom stereocenters. The van der Waals surface area contributed by atoms with Gasteiger partial charge in [-0.3, -0.25) is 14.1 Å². The van der Waals surface area contributed by atoms with Gasteiger partial charge in [0, 0.05) is 27.1 Å². The number of hydrogen-bond acceptors (Lipinski definition) is 12. The van der Waals surface area contributed by atoms with Crippen LogP contribution in [0.5, 0.6) is 40.2 Å². The minimum absolute atomic E-state index is 0.00731. The van der Waals surface area contributed by atoms with Gasteiger partial charge in [0.05, 0.1) is 12.0 Å². The average Bonchev–Trinajstić information content (AvgIpc) is 3.32. The second-order valence-electron chi connectivity index (χ2n) is 14.4. The van der Waals surface area contributed by atoms with Gasteiger partial charge >= 0.3 is 0 Å². The molecule has 0 fully saturated rings. The van der Waals surface area contributed by atoms with Crippen molar-refractivity contribution in [1.82, 2.24) is 0 Å². The van der Waals surface area contributed by atoms with Crippen LogP contribution in [-0.4, -0.2) is 34.9 Å². The third-order valence-electron chi connectivity index (χ3n) is 10.2. The van der Waals surface area contributed by atoms with E-state index in [0.29, 0.717) is 51.1 Å². The number of aromatic hydroxyl groups is 1. The van der Waals surface area contributed by atoms with E-state index in [1.807, 2.05) is 60.7 Å². The smallest absolute Gasteiger partial charge is 0.298 e. The number of ketones is 2. The highest BCUT2D eigenvalue weighted by molar-refractivity contribution is 7.94. The predicted octanol–water partition coefficient (Wildman–Crippen LogP) is 12.5. The topological polar surface area (TPSA) is 175 Å². The van der Waals surface area contributed by atoms with Crippen molar-refractivity contribution < 1.29 is 56.5 Å². The molecule has 12 nitrogen and oxygen atoms in total. The highest BCUT2D eigenvalue weighted by atomic mass is 32.2. The minimum Gasteiger partial charge on any atom is -0.508 e. The molecule has 65 heavy (non-hydrogen) atoms. The van der Waals surface area contributed by atoms with Crippen LogP contribution < -0.4 is 14.2 Å². The normalized spacial score (nSPS) is 11.2. The van der Waals surface area contributed by atoms with Crippen molar-refractivity contribution >= 4 is 33.7 Å². The van der Waals surface area contributed by atoms with Gasteiger partial charge in [-0.1, -0.05) is 65.7 Å². The summed E-state index contributed by atoms with van der Waals surface area (Å²) in [5.41, 5.74) is 4.87. The Morgan fingerprint density at radius 3 is 1.38 bits per heavy atom. The summed E-state index contributed by atoms with van der Waals surface area (Å²) in [6, 6.07) is 51.5. The first-order valence-corrected chi connectivity index (χ1v) is 21.9. The first-order valence-electron chi connectivity index (χ1n) is 19.7. The Morgan fingerprint density at radius 1 is 0.508 bits per heavy atom. The average molecular weight is 905 g/mol. The van der Waals surface area contributed by atoms with Gasteiger partial charge in [-0.15, -0.1) is 4.33 Å². The molecule has 0 aromatic heterocycles. The summed E-state index contributed by atoms with van der Waals surface area (Å²) in [6.45, 7) is 1.40. The number of phenolic OH excluding ortho intramolecular Hbond substituents is 1. The molecule has 0 unspecified atom stereocenters. The van der Waals surface area contributed by atoms with Crippen LogP contribution in [0, 0.1) is 6.92 Å². The van der Waals surface area contributed by atoms with Gasteiger partial charge in [0.1, 0.15) is 45.1 Å². The van der Waals surface area contributed by atoms with Crippen LogP contribution in [0.25, 0.3) is 22.3 Å². The van der Waals surface area contributed by atoms with Gasteiger partial charge in [0.25, 0.3) is 10.1 Å². The van der Waals surface area contributed by atoms with Crippen LogP contribution in [0.1, 0.15) is 37.4 Å².